The van der Waals surface area contributed by atoms with Crippen LogP contribution < -0.4 is 11.1 Å². The number of likely N-dealkylation sites (N-methyl/N-ethyl adjacent to an activating group) is 1. The van der Waals surface area contributed by atoms with Crippen LogP contribution in [-0.4, -0.2) is 36.9 Å². The van der Waals surface area contributed by atoms with Gasteiger partial charge in [0.1, 0.15) is 0 Å². The van der Waals surface area contributed by atoms with Crippen molar-refractivity contribution in [3.63, 3.8) is 0 Å². The minimum absolute atomic E-state index is 0.0925. The maximum atomic E-state index is 11.8. The lowest BCUT2D eigenvalue weighted by Crippen LogP contribution is -2.40. The van der Waals surface area contributed by atoms with Gasteiger partial charge in [-0.05, 0) is 11.6 Å². The molecule has 7 heteroatoms. The van der Waals surface area contributed by atoms with Crippen LogP contribution in [0, 0.1) is 0 Å². The van der Waals surface area contributed by atoms with E-state index in [1.807, 2.05) is 0 Å². The SMILES string of the molecule is CN(Cc1cccc(Cl)c1Cl)C(=O)CNC(=O)CN. The Balaban J connectivity index is 2.59. The molecule has 0 aliphatic rings. The summed E-state index contributed by atoms with van der Waals surface area (Å²) in [5.41, 5.74) is 5.87. The molecule has 0 aromatic heterocycles. The zero-order valence-electron chi connectivity index (χ0n) is 10.5. The quantitative estimate of drug-likeness (QED) is 0.853. The highest BCUT2D eigenvalue weighted by Gasteiger charge is 2.12. The number of nitrogens with zero attached hydrogens (tertiary/aromatic N) is 1. The van der Waals surface area contributed by atoms with Crippen LogP contribution >= 0.6 is 23.2 Å². The molecule has 0 heterocycles. The van der Waals surface area contributed by atoms with Crippen molar-refractivity contribution in [2.45, 2.75) is 6.54 Å². The zero-order chi connectivity index (χ0) is 14.4. The van der Waals surface area contributed by atoms with E-state index in [-0.39, 0.29) is 24.9 Å². The topological polar surface area (TPSA) is 75.4 Å². The van der Waals surface area contributed by atoms with Crippen LogP contribution in [0.15, 0.2) is 18.2 Å². The molecule has 0 aliphatic carbocycles. The summed E-state index contributed by atoms with van der Waals surface area (Å²) in [6, 6.07) is 5.23. The first-order valence-corrected chi connectivity index (χ1v) is 6.35. The third-order valence-electron chi connectivity index (χ3n) is 2.49. The smallest absolute Gasteiger partial charge is 0.242 e. The second-order valence-corrected chi connectivity index (χ2v) is 4.73. The lowest BCUT2D eigenvalue weighted by Gasteiger charge is -2.18. The first kappa shape index (κ1) is 15.8. The molecule has 0 aliphatic heterocycles. The summed E-state index contributed by atoms with van der Waals surface area (Å²) in [5, 5.41) is 3.28. The van der Waals surface area contributed by atoms with Gasteiger partial charge in [0.15, 0.2) is 0 Å². The third kappa shape index (κ3) is 4.70. The highest BCUT2D eigenvalue weighted by Crippen LogP contribution is 2.26. The molecule has 1 aromatic carbocycles. The number of nitrogens with one attached hydrogen (secondary N) is 1. The second-order valence-electron chi connectivity index (χ2n) is 3.94. The molecule has 0 atom stereocenters. The zero-order valence-corrected chi connectivity index (χ0v) is 12.0. The average molecular weight is 304 g/mol. The van der Waals surface area contributed by atoms with E-state index < -0.39 is 0 Å². The Hall–Kier alpha value is -1.30. The number of carbonyl (C=O) groups excluding carboxylic acids is 2. The Bertz CT molecular complexity index is 480. The van der Waals surface area contributed by atoms with Crippen LogP contribution in [0.1, 0.15) is 5.56 Å². The van der Waals surface area contributed by atoms with Gasteiger partial charge >= 0.3 is 0 Å². The van der Waals surface area contributed by atoms with Gasteiger partial charge in [0.2, 0.25) is 11.8 Å². The van der Waals surface area contributed by atoms with E-state index in [1.54, 1.807) is 25.2 Å². The molecule has 19 heavy (non-hydrogen) atoms. The summed E-state index contributed by atoms with van der Waals surface area (Å²) >= 11 is 11.9. The van der Waals surface area contributed by atoms with Gasteiger partial charge in [-0.3, -0.25) is 9.59 Å². The van der Waals surface area contributed by atoms with Crippen molar-refractivity contribution in [3.05, 3.63) is 33.8 Å². The van der Waals surface area contributed by atoms with Gasteiger partial charge in [-0.1, -0.05) is 35.3 Å². The molecule has 5 nitrogen and oxygen atoms in total. The Morgan fingerprint density at radius 2 is 2.05 bits per heavy atom. The standard InChI is InChI=1S/C12H15Cl2N3O2/c1-17(11(19)6-16-10(18)5-15)7-8-3-2-4-9(13)12(8)14/h2-4H,5-7,15H2,1H3,(H,16,18). The van der Waals surface area contributed by atoms with Crippen LogP contribution in [0.4, 0.5) is 0 Å². The molecule has 1 rings (SSSR count). The van der Waals surface area contributed by atoms with Gasteiger partial charge < -0.3 is 16.0 Å². The summed E-state index contributed by atoms with van der Waals surface area (Å²) in [7, 11) is 1.62. The largest absolute Gasteiger partial charge is 0.346 e. The lowest BCUT2D eigenvalue weighted by molar-refractivity contribution is -0.131. The van der Waals surface area contributed by atoms with E-state index in [9.17, 15) is 9.59 Å². The van der Waals surface area contributed by atoms with Gasteiger partial charge in [-0.2, -0.15) is 0 Å². The normalized spacial score (nSPS) is 10.1. The Labute approximate surface area is 121 Å². The maximum absolute atomic E-state index is 11.8. The summed E-state index contributed by atoms with van der Waals surface area (Å²) < 4.78 is 0. The first-order chi connectivity index (χ1) is 8.95. The van der Waals surface area contributed by atoms with Crippen molar-refractivity contribution in [3.8, 4) is 0 Å². The molecule has 0 unspecified atom stereocenters. The summed E-state index contributed by atoms with van der Waals surface area (Å²) in [5.74, 6) is -0.611. The molecular weight excluding hydrogens is 289 g/mol. The molecule has 2 amide bonds. The number of benzene rings is 1. The Morgan fingerprint density at radius 1 is 1.37 bits per heavy atom. The first-order valence-electron chi connectivity index (χ1n) is 5.59. The van der Waals surface area contributed by atoms with Crippen molar-refractivity contribution >= 4 is 35.0 Å². The third-order valence-corrected chi connectivity index (χ3v) is 3.35. The maximum Gasteiger partial charge on any atom is 0.242 e. The van der Waals surface area contributed by atoms with Crippen LogP contribution in [0.5, 0.6) is 0 Å². The molecule has 0 spiro atoms. The number of hydrogen-bond acceptors (Lipinski definition) is 3. The van der Waals surface area contributed by atoms with Gasteiger partial charge in [0.05, 0.1) is 23.1 Å². The predicted octanol–water partition coefficient (Wildman–Crippen LogP) is 1.03. The van der Waals surface area contributed by atoms with Crippen molar-refractivity contribution in [1.82, 2.24) is 10.2 Å². The van der Waals surface area contributed by atoms with Crippen molar-refractivity contribution < 1.29 is 9.59 Å². The van der Waals surface area contributed by atoms with Crippen molar-refractivity contribution in [2.24, 2.45) is 5.73 Å². The fourth-order valence-corrected chi connectivity index (χ4v) is 1.78. The number of hydrogen-bond donors (Lipinski definition) is 2. The van der Waals surface area contributed by atoms with Gasteiger partial charge in [0.25, 0.3) is 0 Å². The van der Waals surface area contributed by atoms with E-state index in [1.165, 1.54) is 4.90 Å². The summed E-state index contributed by atoms with van der Waals surface area (Å²) in [4.78, 5) is 24.2. The minimum atomic E-state index is -0.373. The van der Waals surface area contributed by atoms with Crippen LogP contribution in [0.2, 0.25) is 10.0 Å². The lowest BCUT2D eigenvalue weighted by atomic mass is 10.2. The van der Waals surface area contributed by atoms with Gasteiger partial charge in [-0.25, -0.2) is 0 Å². The predicted molar refractivity (Wildman–Crippen MR) is 75.0 cm³/mol. The van der Waals surface area contributed by atoms with E-state index >= 15 is 0 Å². The molecule has 0 saturated heterocycles. The van der Waals surface area contributed by atoms with Gasteiger partial charge in [-0.15, -0.1) is 0 Å². The van der Waals surface area contributed by atoms with E-state index in [0.717, 1.165) is 5.56 Å². The molecule has 0 radical (unpaired) electrons. The monoisotopic (exact) mass is 303 g/mol. The fourth-order valence-electron chi connectivity index (χ4n) is 1.40. The van der Waals surface area contributed by atoms with Crippen molar-refractivity contribution in [1.29, 1.82) is 0 Å². The molecule has 0 bridgehead atoms. The Kier molecular flexibility index (Phi) is 6.08. The number of rotatable bonds is 5. The fraction of sp³-hybridized carbons (Fsp3) is 0.333. The molecular formula is C12H15Cl2N3O2. The summed E-state index contributed by atoms with van der Waals surface area (Å²) in [6.45, 7) is 0.0819. The van der Waals surface area contributed by atoms with E-state index in [2.05, 4.69) is 5.32 Å². The van der Waals surface area contributed by atoms with Crippen molar-refractivity contribution in [2.75, 3.05) is 20.1 Å². The molecule has 0 saturated carbocycles. The Morgan fingerprint density at radius 3 is 2.68 bits per heavy atom. The highest BCUT2D eigenvalue weighted by atomic mass is 35.5. The van der Waals surface area contributed by atoms with E-state index in [4.69, 9.17) is 28.9 Å². The van der Waals surface area contributed by atoms with Crippen LogP contribution in [0.3, 0.4) is 0 Å². The van der Waals surface area contributed by atoms with Gasteiger partial charge in [0, 0.05) is 13.6 Å². The number of nitrogens with two attached hydrogens (primary N) is 1. The minimum Gasteiger partial charge on any atom is -0.346 e. The number of carbonyl (C=O) groups is 2. The average Bonchev–Trinajstić information content (AvgIpc) is 2.40. The van der Waals surface area contributed by atoms with Crippen LogP contribution in [0.25, 0.3) is 0 Å². The summed E-state index contributed by atoms with van der Waals surface area (Å²) in [6.07, 6.45) is 0. The molecule has 0 fully saturated rings. The van der Waals surface area contributed by atoms with Crippen LogP contribution in [-0.2, 0) is 16.1 Å². The molecule has 3 N–H and O–H groups in total. The molecule has 104 valence electrons. The second kappa shape index (κ2) is 7.33. The number of amides is 2. The highest BCUT2D eigenvalue weighted by molar-refractivity contribution is 6.42. The molecule has 1 aromatic rings. The number of halogens is 2. The van der Waals surface area contributed by atoms with E-state index in [0.29, 0.717) is 16.6 Å².